The van der Waals surface area contributed by atoms with Gasteiger partial charge >= 0.3 is 0 Å². The molecular weight excluding hydrogens is 324 g/mol. The van der Waals surface area contributed by atoms with Gasteiger partial charge in [-0.1, -0.05) is 19.9 Å². The van der Waals surface area contributed by atoms with Gasteiger partial charge in [0.25, 0.3) is 5.91 Å². The second-order valence-electron chi connectivity index (χ2n) is 7.75. The smallest absolute Gasteiger partial charge is 0.272 e. The largest absolute Gasteiger partial charge is 0.334 e. The van der Waals surface area contributed by atoms with Crippen LogP contribution in [0.1, 0.15) is 61.4 Å². The molecule has 1 aliphatic rings. The maximum atomic E-state index is 13.2. The lowest BCUT2D eigenvalue weighted by atomic mass is 9.96. The summed E-state index contributed by atoms with van der Waals surface area (Å²) >= 11 is 0. The summed E-state index contributed by atoms with van der Waals surface area (Å²) < 4.78 is 1.75. The van der Waals surface area contributed by atoms with Gasteiger partial charge in [0.2, 0.25) is 0 Å². The highest BCUT2D eigenvalue weighted by molar-refractivity contribution is 5.93. The van der Waals surface area contributed by atoms with Crippen LogP contribution in [0.25, 0.3) is 0 Å². The number of carbonyl (C=O) groups excluding carboxylic acids is 1. The molecule has 1 aliphatic heterocycles. The molecule has 0 saturated carbocycles. The Balaban J connectivity index is 1.70. The molecule has 3 heterocycles. The van der Waals surface area contributed by atoms with E-state index in [1.165, 1.54) is 6.42 Å². The van der Waals surface area contributed by atoms with E-state index < -0.39 is 0 Å². The van der Waals surface area contributed by atoms with Crippen LogP contribution >= 0.6 is 0 Å². The third-order valence-electron chi connectivity index (χ3n) is 5.11. The monoisotopic (exact) mass is 354 g/mol. The number of aryl methyl sites for hydroxylation is 2. The molecule has 5 nitrogen and oxygen atoms in total. The summed E-state index contributed by atoms with van der Waals surface area (Å²) in [6.45, 7) is 5.19. The van der Waals surface area contributed by atoms with Gasteiger partial charge in [-0.05, 0) is 62.6 Å². The van der Waals surface area contributed by atoms with Crippen molar-refractivity contribution in [2.24, 2.45) is 13.0 Å². The van der Waals surface area contributed by atoms with Crippen LogP contribution in [0.4, 0.5) is 0 Å². The lowest BCUT2D eigenvalue weighted by Crippen LogP contribution is -2.44. The van der Waals surface area contributed by atoms with Crippen LogP contribution < -0.4 is 0 Å². The summed E-state index contributed by atoms with van der Waals surface area (Å²) in [5.41, 5.74) is 2.82. The molecule has 1 atom stereocenters. The zero-order valence-corrected chi connectivity index (χ0v) is 16.2. The standard InChI is InChI=1S/C21H30N4O/c1-16(2)14-18-15-20(24(3)23-18)21(26)25-13-7-5-9-19(25)11-10-17-8-4-6-12-22-17/h4,6,8,12,15-16,19H,5,7,9-11,13-14H2,1-3H3/t19-/m1/s1. The van der Waals surface area contributed by atoms with E-state index in [1.807, 2.05) is 31.4 Å². The predicted molar refractivity (Wildman–Crippen MR) is 103 cm³/mol. The van der Waals surface area contributed by atoms with Gasteiger partial charge < -0.3 is 4.90 Å². The molecule has 2 aromatic rings. The van der Waals surface area contributed by atoms with Gasteiger partial charge in [-0.3, -0.25) is 14.5 Å². The van der Waals surface area contributed by atoms with Crippen LogP contribution in [0.5, 0.6) is 0 Å². The van der Waals surface area contributed by atoms with Crippen molar-refractivity contribution in [2.75, 3.05) is 6.54 Å². The number of hydrogen-bond donors (Lipinski definition) is 0. The molecule has 0 aliphatic carbocycles. The van der Waals surface area contributed by atoms with Crippen molar-refractivity contribution in [3.05, 3.63) is 47.5 Å². The van der Waals surface area contributed by atoms with Crippen molar-refractivity contribution in [1.82, 2.24) is 19.7 Å². The molecule has 1 amide bonds. The van der Waals surface area contributed by atoms with E-state index >= 15 is 0 Å². The first-order valence-electron chi connectivity index (χ1n) is 9.78. The molecule has 1 fully saturated rings. The molecule has 0 unspecified atom stereocenters. The number of pyridine rings is 1. The van der Waals surface area contributed by atoms with E-state index in [2.05, 4.69) is 34.9 Å². The summed E-state index contributed by atoms with van der Waals surface area (Å²) in [5.74, 6) is 0.662. The number of aromatic nitrogens is 3. The zero-order chi connectivity index (χ0) is 18.5. The number of likely N-dealkylation sites (tertiary alicyclic amines) is 1. The van der Waals surface area contributed by atoms with Gasteiger partial charge in [-0.15, -0.1) is 0 Å². The van der Waals surface area contributed by atoms with E-state index in [4.69, 9.17) is 0 Å². The van der Waals surface area contributed by atoms with E-state index in [1.54, 1.807) is 4.68 Å². The van der Waals surface area contributed by atoms with Crippen LogP contribution in [-0.2, 0) is 19.9 Å². The molecule has 5 heteroatoms. The topological polar surface area (TPSA) is 51.0 Å². The Labute approximate surface area is 156 Å². The van der Waals surface area contributed by atoms with Gasteiger partial charge in [0.05, 0.1) is 5.69 Å². The quantitative estimate of drug-likeness (QED) is 0.796. The molecule has 0 spiro atoms. The number of rotatable bonds is 6. The zero-order valence-electron chi connectivity index (χ0n) is 16.2. The minimum Gasteiger partial charge on any atom is -0.334 e. The Morgan fingerprint density at radius 1 is 1.27 bits per heavy atom. The van der Waals surface area contributed by atoms with Gasteiger partial charge in [0, 0.05) is 31.5 Å². The maximum Gasteiger partial charge on any atom is 0.272 e. The highest BCUT2D eigenvalue weighted by atomic mass is 16.2. The van der Waals surface area contributed by atoms with E-state index in [-0.39, 0.29) is 5.91 Å². The van der Waals surface area contributed by atoms with Crippen LogP contribution in [0.15, 0.2) is 30.5 Å². The Hall–Kier alpha value is -2.17. The van der Waals surface area contributed by atoms with Gasteiger partial charge in [0.1, 0.15) is 5.69 Å². The minimum absolute atomic E-state index is 0.126. The molecule has 0 aromatic carbocycles. The fraction of sp³-hybridized carbons (Fsp3) is 0.571. The average Bonchev–Trinajstić information content (AvgIpc) is 3.00. The highest BCUT2D eigenvalue weighted by Gasteiger charge is 2.29. The lowest BCUT2D eigenvalue weighted by molar-refractivity contribution is 0.0590. The third-order valence-corrected chi connectivity index (χ3v) is 5.11. The van der Waals surface area contributed by atoms with Crippen LogP contribution in [0.3, 0.4) is 0 Å². The van der Waals surface area contributed by atoms with E-state index in [9.17, 15) is 4.79 Å². The third kappa shape index (κ3) is 4.51. The van der Waals surface area contributed by atoms with Gasteiger partial charge in [-0.2, -0.15) is 5.10 Å². The first-order chi connectivity index (χ1) is 12.5. The summed E-state index contributed by atoms with van der Waals surface area (Å²) in [6.07, 6.45) is 7.99. The lowest BCUT2D eigenvalue weighted by Gasteiger charge is -2.35. The number of amides is 1. The first-order valence-corrected chi connectivity index (χ1v) is 9.78. The average molecular weight is 354 g/mol. The van der Waals surface area contributed by atoms with Crippen molar-refractivity contribution in [3.63, 3.8) is 0 Å². The molecule has 3 rings (SSSR count). The Kier molecular flexibility index (Phi) is 6.07. The second kappa shape index (κ2) is 8.47. The minimum atomic E-state index is 0.126. The van der Waals surface area contributed by atoms with Crippen LogP contribution in [0.2, 0.25) is 0 Å². The predicted octanol–water partition coefficient (Wildman–Crippen LogP) is 3.64. The molecule has 0 N–H and O–H groups in total. The molecule has 2 aromatic heterocycles. The second-order valence-corrected chi connectivity index (χ2v) is 7.75. The molecule has 140 valence electrons. The van der Waals surface area contributed by atoms with Crippen molar-refractivity contribution >= 4 is 5.91 Å². The Morgan fingerprint density at radius 2 is 2.12 bits per heavy atom. The Bertz CT molecular complexity index is 723. The van der Waals surface area contributed by atoms with Crippen LogP contribution in [-0.4, -0.2) is 38.2 Å². The summed E-state index contributed by atoms with van der Waals surface area (Å²) in [5, 5.41) is 4.54. The number of carbonyl (C=O) groups is 1. The SMILES string of the molecule is CC(C)Cc1cc(C(=O)N2CCCC[C@@H]2CCc2ccccn2)n(C)n1. The molecule has 0 radical (unpaired) electrons. The number of nitrogens with zero attached hydrogens (tertiary/aromatic N) is 4. The first kappa shape index (κ1) is 18.6. The number of hydrogen-bond acceptors (Lipinski definition) is 3. The molecular formula is C21H30N4O. The fourth-order valence-electron chi connectivity index (χ4n) is 3.82. The normalized spacial score (nSPS) is 17.7. The van der Waals surface area contributed by atoms with Crippen molar-refractivity contribution in [3.8, 4) is 0 Å². The fourth-order valence-corrected chi connectivity index (χ4v) is 3.82. The highest BCUT2D eigenvalue weighted by Crippen LogP contribution is 2.23. The van der Waals surface area contributed by atoms with Crippen molar-refractivity contribution in [2.45, 2.75) is 58.4 Å². The van der Waals surface area contributed by atoms with Gasteiger partial charge in [-0.25, -0.2) is 0 Å². The summed E-state index contributed by atoms with van der Waals surface area (Å²) in [4.78, 5) is 19.7. The summed E-state index contributed by atoms with van der Waals surface area (Å²) in [7, 11) is 1.88. The van der Waals surface area contributed by atoms with E-state index in [0.717, 1.165) is 50.0 Å². The van der Waals surface area contributed by atoms with Crippen molar-refractivity contribution in [1.29, 1.82) is 0 Å². The van der Waals surface area contributed by atoms with Crippen molar-refractivity contribution < 1.29 is 4.79 Å². The van der Waals surface area contributed by atoms with Crippen LogP contribution in [0, 0.1) is 5.92 Å². The number of piperidine rings is 1. The molecule has 0 bridgehead atoms. The Morgan fingerprint density at radius 3 is 2.85 bits per heavy atom. The van der Waals surface area contributed by atoms with Gasteiger partial charge in [0.15, 0.2) is 0 Å². The van der Waals surface area contributed by atoms with E-state index in [0.29, 0.717) is 17.7 Å². The molecule has 26 heavy (non-hydrogen) atoms. The molecule has 1 saturated heterocycles. The maximum absolute atomic E-state index is 13.2. The summed E-state index contributed by atoms with van der Waals surface area (Å²) in [6, 6.07) is 8.30.